The second-order valence-corrected chi connectivity index (χ2v) is 7.42. The third-order valence-corrected chi connectivity index (χ3v) is 5.18. The van der Waals surface area contributed by atoms with Crippen molar-refractivity contribution in [3.63, 3.8) is 0 Å². The van der Waals surface area contributed by atoms with Gasteiger partial charge in [-0.15, -0.1) is 0 Å². The fourth-order valence-corrected chi connectivity index (χ4v) is 3.69. The highest BCUT2D eigenvalue weighted by molar-refractivity contribution is 5.76. The SMILES string of the molecule is O=C(N[C@@H](c1ccccc1)c1cccc(F)c1)N[C@@H](c1ccccc1)c1cccc(F)c1. The Morgan fingerprint density at radius 3 is 1.28 bits per heavy atom. The van der Waals surface area contributed by atoms with Crippen molar-refractivity contribution >= 4 is 6.03 Å². The fraction of sp³-hybridized carbons (Fsp3) is 0.0741. The molecular weight excluding hydrogens is 406 g/mol. The van der Waals surface area contributed by atoms with Crippen molar-refractivity contribution in [2.45, 2.75) is 12.1 Å². The fourth-order valence-electron chi connectivity index (χ4n) is 3.69. The Bertz CT molecular complexity index is 1090. The van der Waals surface area contributed by atoms with Gasteiger partial charge in [-0.05, 0) is 46.5 Å². The second-order valence-electron chi connectivity index (χ2n) is 7.42. The summed E-state index contributed by atoms with van der Waals surface area (Å²) in [5.41, 5.74) is 2.87. The maximum atomic E-state index is 13.9. The van der Waals surface area contributed by atoms with E-state index in [1.807, 2.05) is 60.7 Å². The van der Waals surface area contributed by atoms with Crippen LogP contribution in [0.3, 0.4) is 0 Å². The van der Waals surface area contributed by atoms with Crippen molar-refractivity contribution in [1.82, 2.24) is 10.6 Å². The average molecular weight is 428 g/mol. The standard InChI is InChI=1S/C27H22F2N2O/c28-23-15-7-13-21(17-23)25(19-9-3-1-4-10-19)30-27(32)31-26(20-11-5-2-6-12-20)22-14-8-16-24(29)18-22/h1-18,25-26H,(H2,30,31,32)/t25-,26-/m0/s1. The molecule has 4 rings (SSSR count). The molecule has 0 bridgehead atoms. The second kappa shape index (κ2) is 9.88. The van der Waals surface area contributed by atoms with Crippen LogP contribution < -0.4 is 10.6 Å². The molecule has 2 amide bonds. The molecule has 0 radical (unpaired) electrons. The topological polar surface area (TPSA) is 41.1 Å². The lowest BCUT2D eigenvalue weighted by molar-refractivity contribution is 0.236. The van der Waals surface area contributed by atoms with Crippen molar-refractivity contribution in [1.29, 1.82) is 0 Å². The zero-order valence-electron chi connectivity index (χ0n) is 17.2. The number of hydrogen-bond donors (Lipinski definition) is 2. The minimum Gasteiger partial charge on any atom is -0.327 e. The smallest absolute Gasteiger partial charge is 0.316 e. The summed E-state index contributed by atoms with van der Waals surface area (Å²) in [5, 5.41) is 5.90. The molecule has 0 unspecified atom stereocenters. The largest absolute Gasteiger partial charge is 0.327 e. The summed E-state index contributed by atoms with van der Waals surface area (Å²) in [7, 11) is 0. The van der Waals surface area contributed by atoms with Crippen LogP contribution in [0.5, 0.6) is 0 Å². The van der Waals surface area contributed by atoms with Crippen molar-refractivity contribution in [3.8, 4) is 0 Å². The molecule has 0 spiro atoms. The zero-order chi connectivity index (χ0) is 22.3. The highest BCUT2D eigenvalue weighted by Crippen LogP contribution is 2.25. The summed E-state index contributed by atoms with van der Waals surface area (Å²) in [5.74, 6) is -0.764. The first-order valence-electron chi connectivity index (χ1n) is 10.3. The predicted molar refractivity (Wildman–Crippen MR) is 121 cm³/mol. The lowest BCUT2D eigenvalue weighted by Crippen LogP contribution is -2.40. The van der Waals surface area contributed by atoms with Crippen LogP contribution in [-0.4, -0.2) is 6.03 Å². The van der Waals surface area contributed by atoms with E-state index in [0.29, 0.717) is 11.1 Å². The molecule has 4 aromatic rings. The Balaban J connectivity index is 1.63. The van der Waals surface area contributed by atoms with Crippen molar-refractivity contribution in [2.24, 2.45) is 0 Å². The Hall–Kier alpha value is -3.99. The number of amides is 2. The van der Waals surface area contributed by atoms with E-state index in [2.05, 4.69) is 10.6 Å². The molecule has 0 aromatic heterocycles. The number of urea groups is 1. The summed E-state index contributed by atoms with van der Waals surface area (Å²) >= 11 is 0. The number of nitrogens with one attached hydrogen (secondary N) is 2. The van der Waals surface area contributed by atoms with Crippen LogP contribution in [0.4, 0.5) is 13.6 Å². The molecule has 3 nitrogen and oxygen atoms in total. The summed E-state index contributed by atoms with van der Waals surface area (Å²) in [6, 6.07) is 29.4. The lowest BCUT2D eigenvalue weighted by atomic mass is 9.98. The highest BCUT2D eigenvalue weighted by Gasteiger charge is 2.21. The van der Waals surface area contributed by atoms with Crippen LogP contribution in [0.2, 0.25) is 0 Å². The quantitative estimate of drug-likeness (QED) is 0.380. The predicted octanol–water partition coefficient (Wildman–Crippen LogP) is 6.14. The van der Waals surface area contributed by atoms with Gasteiger partial charge in [-0.3, -0.25) is 0 Å². The van der Waals surface area contributed by atoms with Crippen LogP contribution in [-0.2, 0) is 0 Å². The molecular formula is C27H22F2N2O. The number of halogens is 2. The summed E-state index contributed by atoms with van der Waals surface area (Å²) < 4.78 is 27.8. The van der Waals surface area contributed by atoms with Gasteiger partial charge in [-0.2, -0.15) is 0 Å². The summed E-state index contributed by atoms with van der Waals surface area (Å²) in [6.07, 6.45) is 0. The van der Waals surface area contributed by atoms with Crippen LogP contribution in [0.1, 0.15) is 34.3 Å². The normalized spacial score (nSPS) is 12.6. The Labute approximate surface area is 185 Å². The molecule has 0 fully saturated rings. The molecule has 160 valence electrons. The Morgan fingerprint density at radius 2 is 0.906 bits per heavy atom. The Morgan fingerprint density at radius 1 is 0.531 bits per heavy atom. The van der Waals surface area contributed by atoms with Gasteiger partial charge in [0, 0.05) is 0 Å². The number of carbonyl (C=O) groups is 1. The minimum atomic E-state index is -0.559. The first-order chi connectivity index (χ1) is 15.6. The molecule has 32 heavy (non-hydrogen) atoms. The number of carbonyl (C=O) groups excluding carboxylic acids is 1. The molecule has 2 atom stereocenters. The molecule has 5 heteroatoms. The minimum absolute atomic E-state index is 0.382. The van der Waals surface area contributed by atoms with Gasteiger partial charge in [0.2, 0.25) is 0 Å². The van der Waals surface area contributed by atoms with Gasteiger partial charge >= 0.3 is 6.03 Å². The van der Waals surface area contributed by atoms with E-state index in [-0.39, 0.29) is 11.6 Å². The monoisotopic (exact) mass is 428 g/mol. The first kappa shape index (κ1) is 21.2. The summed E-state index contributed by atoms with van der Waals surface area (Å²) in [6.45, 7) is 0. The van der Waals surface area contributed by atoms with Gasteiger partial charge < -0.3 is 10.6 Å². The maximum Gasteiger partial charge on any atom is 0.316 e. The number of hydrogen-bond acceptors (Lipinski definition) is 1. The van der Waals surface area contributed by atoms with Gasteiger partial charge in [-0.1, -0.05) is 84.9 Å². The van der Waals surface area contributed by atoms with Gasteiger partial charge in [0.05, 0.1) is 12.1 Å². The molecule has 0 saturated carbocycles. The molecule has 0 heterocycles. The molecule has 0 aliphatic heterocycles. The van der Waals surface area contributed by atoms with E-state index in [9.17, 15) is 13.6 Å². The van der Waals surface area contributed by atoms with Gasteiger partial charge in [-0.25, -0.2) is 13.6 Å². The third-order valence-electron chi connectivity index (χ3n) is 5.18. The lowest BCUT2D eigenvalue weighted by Gasteiger charge is -2.24. The highest BCUT2D eigenvalue weighted by atomic mass is 19.1. The van der Waals surface area contributed by atoms with E-state index in [1.54, 1.807) is 24.3 Å². The van der Waals surface area contributed by atoms with Crippen LogP contribution in [0, 0.1) is 11.6 Å². The Kier molecular flexibility index (Phi) is 6.56. The van der Waals surface area contributed by atoms with Gasteiger partial charge in [0.25, 0.3) is 0 Å². The average Bonchev–Trinajstić information content (AvgIpc) is 2.82. The van der Waals surface area contributed by atoms with E-state index in [1.165, 1.54) is 24.3 Å². The molecule has 0 aliphatic rings. The van der Waals surface area contributed by atoms with Crippen molar-refractivity contribution in [3.05, 3.63) is 143 Å². The van der Waals surface area contributed by atoms with E-state index in [0.717, 1.165) is 11.1 Å². The number of rotatable bonds is 6. The van der Waals surface area contributed by atoms with Gasteiger partial charge in [0.15, 0.2) is 0 Å². The third kappa shape index (κ3) is 5.19. The van der Waals surface area contributed by atoms with Crippen LogP contribution in [0.15, 0.2) is 109 Å². The molecule has 2 N–H and O–H groups in total. The zero-order valence-corrected chi connectivity index (χ0v) is 17.2. The molecule has 0 aliphatic carbocycles. The molecule has 0 saturated heterocycles. The van der Waals surface area contributed by atoms with Crippen LogP contribution >= 0.6 is 0 Å². The van der Waals surface area contributed by atoms with E-state index < -0.39 is 18.1 Å². The maximum absolute atomic E-state index is 13.9. The van der Waals surface area contributed by atoms with E-state index >= 15 is 0 Å². The first-order valence-corrected chi connectivity index (χ1v) is 10.3. The molecule has 4 aromatic carbocycles. The van der Waals surface area contributed by atoms with Crippen molar-refractivity contribution in [2.75, 3.05) is 0 Å². The summed E-state index contributed by atoms with van der Waals surface area (Å²) in [4.78, 5) is 13.1. The van der Waals surface area contributed by atoms with Gasteiger partial charge in [0.1, 0.15) is 11.6 Å². The van der Waals surface area contributed by atoms with E-state index in [4.69, 9.17) is 0 Å². The number of benzene rings is 4. The van der Waals surface area contributed by atoms with Crippen LogP contribution in [0.25, 0.3) is 0 Å². The van der Waals surface area contributed by atoms with Crippen molar-refractivity contribution < 1.29 is 13.6 Å².